The summed E-state index contributed by atoms with van der Waals surface area (Å²) in [6, 6.07) is 9.74. The third-order valence-electron chi connectivity index (χ3n) is 2.93. The highest BCUT2D eigenvalue weighted by atomic mass is 28.3. The van der Waals surface area contributed by atoms with Crippen LogP contribution < -0.4 is 0 Å². The standard InChI is InChI=1S/C15H18OSi/c1-17(2,3)14-11-7-10-13(14)15(16)12-8-5-4-6-9-12/h4-11,16H,1-3H3. The molecule has 2 rings (SSSR count). The summed E-state index contributed by atoms with van der Waals surface area (Å²) < 4.78 is 0. The van der Waals surface area contributed by atoms with E-state index in [9.17, 15) is 5.11 Å². The van der Waals surface area contributed by atoms with Gasteiger partial charge in [0, 0.05) is 11.1 Å². The van der Waals surface area contributed by atoms with Crippen molar-refractivity contribution in [1.29, 1.82) is 0 Å². The van der Waals surface area contributed by atoms with Gasteiger partial charge in [-0.3, -0.25) is 0 Å². The van der Waals surface area contributed by atoms with E-state index in [0.717, 1.165) is 11.1 Å². The highest BCUT2D eigenvalue weighted by Gasteiger charge is 2.25. The van der Waals surface area contributed by atoms with Crippen LogP contribution in [0.5, 0.6) is 0 Å². The van der Waals surface area contributed by atoms with E-state index >= 15 is 0 Å². The maximum absolute atomic E-state index is 10.4. The molecule has 1 N–H and O–H groups in total. The van der Waals surface area contributed by atoms with Crippen molar-refractivity contribution in [3.63, 3.8) is 0 Å². The molecule has 1 aromatic carbocycles. The van der Waals surface area contributed by atoms with Gasteiger partial charge in [0.05, 0.1) is 8.07 Å². The molecule has 1 nitrogen and oxygen atoms in total. The van der Waals surface area contributed by atoms with Gasteiger partial charge < -0.3 is 5.11 Å². The predicted octanol–water partition coefficient (Wildman–Crippen LogP) is 4.33. The molecule has 88 valence electrons. The van der Waals surface area contributed by atoms with Crippen molar-refractivity contribution >= 4 is 13.8 Å². The highest BCUT2D eigenvalue weighted by Crippen LogP contribution is 2.32. The zero-order valence-corrected chi connectivity index (χ0v) is 11.6. The zero-order valence-electron chi connectivity index (χ0n) is 10.6. The van der Waals surface area contributed by atoms with E-state index in [1.54, 1.807) is 0 Å². The van der Waals surface area contributed by atoms with Gasteiger partial charge in [-0.1, -0.05) is 68.2 Å². The van der Waals surface area contributed by atoms with Gasteiger partial charge in [0.2, 0.25) is 0 Å². The maximum atomic E-state index is 10.4. The molecule has 0 bridgehead atoms. The van der Waals surface area contributed by atoms with Gasteiger partial charge in [-0.05, 0) is 5.20 Å². The van der Waals surface area contributed by atoms with Crippen LogP contribution in [0.4, 0.5) is 0 Å². The second-order valence-corrected chi connectivity index (χ2v) is 10.4. The number of allylic oxidation sites excluding steroid dienone is 5. The minimum absolute atomic E-state index is 0.396. The van der Waals surface area contributed by atoms with Crippen molar-refractivity contribution < 1.29 is 5.11 Å². The zero-order chi connectivity index (χ0) is 12.5. The Morgan fingerprint density at radius 2 is 1.71 bits per heavy atom. The fourth-order valence-corrected chi connectivity index (χ4v) is 3.64. The molecular weight excluding hydrogens is 224 g/mol. The molecule has 2 heteroatoms. The number of aliphatic hydroxyl groups excluding tert-OH is 1. The Bertz CT molecular complexity index is 501. The van der Waals surface area contributed by atoms with Crippen LogP contribution in [0.3, 0.4) is 0 Å². The van der Waals surface area contributed by atoms with Crippen molar-refractivity contribution in [2.75, 3.05) is 0 Å². The van der Waals surface area contributed by atoms with Crippen molar-refractivity contribution in [2.45, 2.75) is 19.6 Å². The smallest absolute Gasteiger partial charge is 0.129 e. The Hall–Kier alpha value is -1.54. The summed E-state index contributed by atoms with van der Waals surface area (Å²) in [5.74, 6) is 0.396. The normalized spacial score (nSPS) is 18.2. The Kier molecular flexibility index (Phi) is 3.07. The summed E-state index contributed by atoms with van der Waals surface area (Å²) >= 11 is 0. The molecule has 0 saturated heterocycles. The summed E-state index contributed by atoms with van der Waals surface area (Å²) in [6.07, 6.45) is 6.18. The number of aliphatic hydroxyl groups is 1. The Balaban J connectivity index is 2.47. The Morgan fingerprint density at radius 1 is 1.06 bits per heavy atom. The van der Waals surface area contributed by atoms with E-state index in [2.05, 4.69) is 25.7 Å². The molecule has 0 aliphatic heterocycles. The lowest BCUT2D eigenvalue weighted by Gasteiger charge is -2.20. The molecule has 0 saturated carbocycles. The first-order chi connectivity index (χ1) is 8.00. The third-order valence-corrected chi connectivity index (χ3v) is 4.98. The van der Waals surface area contributed by atoms with E-state index in [4.69, 9.17) is 0 Å². The lowest BCUT2D eigenvalue weighted by atomic mass is 10.1. The molecule has 1 aliphatic rings. The van der Waals surface area contributed by atoms with Gasteiger partial charge in [-0.15, -0.1) is 0 Å². The average molecular weight is 242 g/mol. The monoisotopic (exact) mass is 242 g/mol. The second-order valence-electron chi connectivity index (χ2n) is 5.32. The summed E-state index contributed by atoms with van der Waals surface area (Å²) in [7, 11) is -1.40. The number of benzene rings is 1. The number of rotatable bonds is 2. The largest absolute Gasteiger partial charge is 0.507 e. The summed E-state index contributed by atoms with van der Waals surface area (Å²) in [6.45, 7) is 6.89. The maximum Gasteiger partial charge on any atom is 0.129 e. The fourth-order valence-electron chi connectivity index (χ4n) is 2.03. The van der Waals surface area contributed by atoms with Gasteiger partial charge in [0.15, 0.2) is 0 Å². The van der Waals surface area contributed by atoms with Gasteiger partial charge in [-0.25, -0.2) is 0 Å². The van der Waals surface area contributed by atoms with E-state index in [-0.39, 0.29) is 0 Å². The van der Waals surface area contributed by atoms with E-state index in [1.807, 2.05) is 42.5 Å². The lowest BCUT2D eigenvalue weighted by molar-refractivity contribution is 0.509. The van der Waals surface area contributed by atoms with Crippen LogP contribution >= 0.6 is 0 Å². The SMILES string of the molecule is C[Si](C)(C)C1=CC=CC1=C(O)c1ccccc1. The fraction of sp³-hybridized carbons (Fsp3) is 0.200. The van der Waals surface area contributed by atoms with Crippen LogP contribution in [-0.2, 0) is 0 Å². The Labute approximate surface area is 104 Å². The molecule has 0 radical (unpaired) electrons. The van der Waals surface area contributed by atoms with Crippen LogP contribution in [0, 0.1) is 0 Å². The van der Waals surface area contributed by atoms with Crippen LogP contribution in [0.2, 0.25) is 19.6 Å². The van der Waals surface area contributed by atoms with Crippen LogP contribution in [0.15, 0.2) is 59.3 Å². The molecule has 0 unspecified atom stereocenters. The number of hydrogen-bond acceptors (Lipinski definition) is 1. The lowest BCUT2D eigenvalue weighted by Crippen LogP contribution is -2.24. The minimum atomic E-state index is -1.40. The van der Waals surface area contributed by atoms with Gasteiger partial charge >= 0.3 is 0 Å². The van der Waals surface area contributed by atoms with Crippen molar-refractivity contribution in [3.05, 3.63) is 64.9 Å². The molecular formula is C15H18OSi. The highest BCUT2D eigenvalue weighted by molar-refractivity contribution is 6.84. The molecule has 0 atom stereocenters. The first kappa shape index (κ1) is 11.9. The third kappa shape index (κ3) is 2.42. The Morgan fingerprint density at radius 3 is 2.29 bits per heavy atom. The number of hydrogen-bond donors (Lipinski definition) is 1. The minimum Gasteiger partial charge on any atom is -0.507 e. The van der Waals surface area contributed by atoms with Crippen molar-refractivity contribution in [2.24, 2.45) is 0 Å². The first-order valence-electron chi connectivity index (χ1n) is 5.88. The van der Waals surface area contributed by atoms with Crippen molar-refractivity contribution in [3.8, 4) is 0 Å². The van der Waals surface area contributed by atoms with Gasteiger partial charge in [-0.2, -0.15) is 0 Å². The van der Waals surface area contributed by atoms with Gasteiger partial charge in [0.1, 0.15) is 5.76 Å². The van der Waals surface area contributed by atoms with Crippen molar-refractivity contribution in [1.82, 2.24) is 0 Å². The summed E-state index contributed by atoms with van der Waals surface area (Å²) in [5.41, 5.74) is 1.88. The van der Waals surface area contributed by atoms with Crippen LogP contribution in [0.25, 0.3) is 5.76 Å². The predicted molar refractivity (Wildman–Crippen MR) is 76.6 cm³/mol. The second kappa shape index (κ2) is 4.38. The molecule has 0 fully saturated rings. The molecule has 17 heavy (non-hydrogen) atoms. The summed E-state index contributed by atoms with van der Waals surface area (Å²) in [4.78, 5) is 0. The quantitative estimate of drug-likeness (QED) is 0.604. The molecule has 1 aliphatic carbocycles. The molecule has 0 amide bonds. The van der Waals surface area contributed by atoms with Crippen LogP contribution in [-0.4, -0.2) is 13.2 Å². The molecule has 0 spiro atoms. The average Bonchev–Trinajstić information content (AvgIpc) is 2.78. The van der Waals surface area contributed by atoms with Gasteiger partial charge in [0.25, 0.3) is 0 Å². The molecule has 0 heterocycles. The van der Waals surface area contributed by atoms with Crippen LogP contribution in [0.1, 0.15) is 5.56 Å². The van der Waals surface area contributed by atoms with E-state index < -0.39 is 8.07 Å². The molecule has 0 aromatic heterocycles. The van der Waals surface area contributed by atoms with E-state index in [1.165, 1.54) is 5.20 Å². The topological polar surface area (TPSA) is 20.2 Å². The van der Waals surface area contributed by atoms with E-state index in [0.29, 0.717) is 5.76 Å². The first-order valence-corrected chi connectivity index (χ1v) is 9.38. The summed E-state index contributed by atoms with van der Waals surface area (Å²) in [5, 5.41) is 11.7. The molecule has 1 aromatic rings.